The van der Waals surface area contributed by atoms with E-state index in [1.54, 1.807) is 0 Å². The average molecular weight is 152 g/mol. The van der Waals surface area contributed by atoms with Gasteiger partial charge in [0, 0.05) is 0 Å². The van der Waals surface area contributed by atoms with Crippen molar-refractivity contribution in [1.82, 2.24) is 0 Å². The number of fused-ring (bicyclic) bond motifs is 1. The predicted octanol–water partition coefficient (Wildman–Crippen LogP) is 2.36. The van der Waals surface area contributed by atoms with Gasteiger partial charge in [-0.2, -0.15) is 0 Å². The molecule has 2 rings (SSSR count). The molecule has 0 amide bonds. The van der Waals surface area contributed by atoms with Crippen molar-refractivity contribution in [3.05, 3.63) is 23.8 Å². The van der Waals surface area contributed by atoms with Crippen LogP contribution >= 0.6 is 0 Å². The molecular weight excluding hydrogens is 140 g/mol. The Bertz CT molecular complexity index is 256. The lowest BCUT2D eigenvalue weighted by Crippen LogP contribution is -1.92. The zero-order valence-electron chi connectivity index (χ0n) is 5.76. The fraction of sp³-hybridized carbons (Fsp3) is 0.333. The van der Waals surface area contributed by atoms with E-state index in [0.717, 1.165) is 11.5 Å². The molecule has 0 radical (unpaired) electrons. The van der Waals surface area contributed by atoms with Crippen molar-refractivity contribution in [2.75, 3.05) is 6.79 Å². The van der Waals surface area contributed by atoms with Crippen molar-refractivity contribution < 1.29 is 9.47 Å². The average Bonchev–Trinajstić information content (AvgIpc) is 2.33. The van der Waals surface area contributed by atoms with Crippen molar-refractivity contribution in [1.29, 1.82) is 0 Å². The van der Waals surface area contributed by atoms with Gasteiger partial charge in [0.1, 0.15) is 0 Å². The Labute approximate surface area is 66.8 Å². The van der Waals surface area contributed by atoms with E-state index in [0.29, 0.717) is 6.79 Å². The normalized spacial score (nSPS) is 12.5. The Balaban J connectivity index is 0.000000605. The Morgan fingerprint density at radius 3 is 2.73 bits per heavy atom. The van der Waals surface area contributed by atoms with Crippen LogP contribution in [0.2, 0.25) is 0 Å². The smallest absolute Gasteiger partial charge is 0.231 e. The highest BCUT2D eigenvalue weighted by molar-refractivity contribution is 5.43. The molecule has 2 nitrogen and oxygen atoms in total. The van der Waals surface area contributed by atoms with E-state index in [9.17, 15) is 0 Å². The fourth-order valence-electron chi connectivity index (χ4n) is 1.00. The van der Waals surface area contributed by atoms with E-state index >= 15 is 0 Å². The lowest BCUT2D eigenvalue weighted by Gasteiger charge is -1.94. The Kier molecular flexibility index (Phi) is 2.03. The summed E-state index contributed by atoms with van der Waals surface area (Å²) < 4.78 is 10.3. The Morgan fingerprint density at radius 1 is 1.18 bits per heavy atom. The summed E-state index contributed by atoms with van der Waals surface area (Å²) in [4.78, 5) is 0. The molecule has 1 aromatic carbocycles. The second-order valence-corrected chi connectivity index (χ2v) is 2.36. The Hall–Kier alpha value is -1.18. The molecular formula is C9H12O2. The molecule has 0 saturated carbocycles. The first-order valence-corrected chi connectivity index (χ1v) is 3.22. The summed E-state index contributed by atoms with van der Waals surface area (Å²) in [6, 6.07) is 5.91. The van der Waals surface area contributed by atoms with Crippen LogP contribution in [-0.4, -0.2) is 6.79 Å². The summed E-state index contributed by atoms with van der Waals surface area (Å²) in [6.07, 6.45) is 0. The zero-order valence-corrected chi connectivity index (χ0v) is 5.76. The first-order valence-electron chi connectivity index (χ1n) is 3.22. The van der Waals surface area contributed by atoms with Gasteiger partial charge in [0.15, 0.2) is 11.5 Å². The lowest BCUT2D eigenvalue weighted by molar-refractivity contribution is 0.174. The molecule has 2 heteroatoms. The Morgan fingerprint density at radius 2 is 1.91 bits per heavy atom. The summed E-state index contributed by atoms with van der Waals surface area (Å²) in [5.41, 5.74) is 1.20. The number of hydrogen-bond donors (Lipinski definition) is 0. The monoisotopic (exact) mass is 152 g/mol. The van der Waals surface area contributed by atoms with E-state index in [2.05, 4.69) is 0 Å². The quantitative estimate of drug-likeness (QED) is 0.568. The molecule has 0 N–H and O–H groups in total. The molecule has 0 saturated heterocycles. The molecule has 0 aliphatic carbocycles. The zero-order chi connectivity index (χ0) is 6.97. The topological polar surface area (TPSA) is 18.5 Å². The number of rotatable bonds is 0. The summed E-state index contributed by atoms with van der Waals surface area (Å²) >= 11 is 0. The molecule has 11 heavy (non-hydrogen) atoms. The molecule has 1 aromatic rings. The first-order chi connectivity index (χ1) is 4.86. The number of ether oxygens (including phenoxy) is 2. The standard InChI is InChI=1S/C8H8O2.CH4/c1-6-2-3-7-8(4-6)10-5-9-7;/h2-4H,5H2,1H3;1H4. The van der Waals surface area contributed by atoms with Gasteiger partial charge in [-0.25, -0.2) is 0 Å². The summed E-state index contributed by atoms with van der Waals surface area (Å²) in [5.74, 6) is 1.71. The van der Waals surface area contributed by atoms with Gasteiger partial charge in [-0.05, 0) is 24.6 Å². The highest BCUT2D eigenvalue weighted by Gasteiger charge is 2.11. The third-order valence-corrected chi connectivity index (χ3v) is 1.53. The van der Waals surface area contributed by atoms with Crippen LogP contribution in [0.25, 0.3) is 0 Å². The van der Waals surface area contributed by atoms with Gasteiger partial charge >= 0.3 is 0 Å². The number of benzene rings is 1. The van der Waals surface area contributed by atoms with Crippen molar-refractivity contribution in [2.24, 2.45) is 0 Å². The van der Waals surface area contributed by atoms with E-state index in [4.69, 9.17) is 9.47 Å². The van der Waals surface area contributed by atoms with Crippen LogP contribution in [0, 0.1) is 6.92 Å². The minimum atomic E-state index is 0. The highest BCUT2D eigenvalue weighted by Crippen LogP contribution is 2.31. The number of aryl methyl sites for hydroxylation is 1. The minimum absolute atomic E-state index is 0. The molecule has 0 spiro atoms. The van der Waals surface area contributed by atoms with Gasteiger partial charge in [0.05, 0.1) is 0 Å². The third-order valence-electron chi connectivity index (χ3n) is 1.53. The van der Waals surface area contributed by atoms with Gasteiger partial charge in [0.25, 0.3) is 0 Å². The second kappa shape index (κ2) is 2.82. The van der Waals surface area contributed by atoms with Gasteiger partial charge in [-0.1, -0.05) is 13.5 Å². The van der Waals surface area contributed by atoms with Crippen LogP contribution in [0.5, 0.6) is 11.5 Å². The molecule has 1 aliphatic heterocycles. The van der Waals surface area contributed by atoms with Crippen LogP contribution in [-0.2, 0) is 0 Å². The van der Waals surface area contributed by atoms with Crippen LogP contribution in [0.3, 0.4) is 0 Å². The maximum Gasteiger partial charge on any atom is 0.231 e. The third kappa shape index (κ3) is 1.29. The minimum Gasteiger partial charge on any atom is -0.454 e. The summed E-state index contributed by atoms with van der Waals surface area (Å²) in [5, 5.41) is 0. The molecule has 0 atom stereocenters. The molecule has 0 aromatic heterocycles. The first kappa shape index (κ1) is 7.92. The molecule has 0 bridgehead atoms. The fourth-order valence-corrected chi connectivity index (χ4v) is 1.00. The molecule has 0 unspecified atom stereocenters. The molecule has 60 valence electrons. The number of hydrogen-bond acceptors (Lipinski definition) is 2. The van der Waals surface area contributed by atoms with Gasteiger partial charge in [-0.3, -0.25) is 0 Å². The summed E-state index contributed by atoms with van der Waals surface area (Å²) in [7, 11) is 0. The maximum atomic E-state index is 5.16. The maximum absolute atomic E-state index is 5.16. The summed E-state index contributed by atoms with van der Waals surface area (Å²) in [6.45, 7) is 2.39. The van der Waals surface area contributed by atoms with Crippen molar-refractivity contribution in [3.8, 4) is 11.5 Å². The van der Waals surface area contributed by atoms with Crippen LogP contribution in [0.15, 0.2) is 18.2 Å². The van der Waals surface area contributed by atoms with Gasteiger partial charge in [-0.15, -0.1) is 0 Å². The second-order valence-electron chi connectivity index (χ2n) is 2.36. The van der Waals surface area contributed by atoms with E-state index < -0.39 is 0 Å². The molecule has 1 aliphatic rings. The van der Waals surface area contributed by atoms with Crippen LogP contribution < -0.4 is 9.47 Å². The van der Waals surface area contributed by atoms with Crippen molar-refractivity contribution in [3.63, 3.8) is 0 Å². The molecule has 1 heterocycles. The predicted molar refractivity (Wildman–Crippen MR) is 44.0 cm³/mol. The van der Waals surface area contributed by atoms with Crippen LogP contribution in [0.4, 0.5) is 0 Å². The highest BCUT2D eigenvalue weighted by atomic mass is 16.7. The van der Waals surface area contributed by atoms with Gasteiger partial charge in [0.2, 0.25) is 6.79 Å². The van der Waals surface area contributed by atoms with Crippen molar-refractivity contribution >= 4 is 0 Å². The van der Waals surface area contributed by atoms with Gasteiger partial charge < -0.3 is 9.47 Å². The lowest BCUT2D eigenvalue weighted by atomic mass is 10.2. The van der Waals surface area contributed by atoms with E-state index in [1.807, 2.05) is 25.1 Å². The van der Waals surface area contributed by atoms with E-state index in [1.165, 1.54) is 5.56 Å². The SMILES string of the molecule is C.Cc1ccc2c(c1)OCO2. The van der Waals surface area contributed by atoms with E-state index in [-0.39, 0.29) is 7.43 Å². The van der Waals surface area contributed by atoms with Crippen molar-refractivity contribution in [2.45, 2.75) is 14.4 Å². The molecule has 0 fully saturated rings. The van der Waals surface area contributed by atoms with Crippen LogP contribution in [0.1, 0.15) is 13.0 Å². The largest absolute Gasteiger partial charge is 0.454 e.